The first-order valence-electron chi connectivity index (χ1n) is 6.63. The van der Waals surface area contributed by atoms with Crippen LogP contribution in [-0.2, 0) is 9.53 Å². The van der Waals surface area contributed by atoms with E-state index in [2.05, 4.69) is 15.6 Å². The van der Waals surface area contributed by atoms with E-state index in [1.54, 1.807) is 24.3 Å². The van der Waals surface area contributed by atoms with Crippen molar-refractivity contribution in [2.75, 3.05) is 11.9 Å². The van der Waals surface area contributed by atoms with Crippen LogP contribution in [0.4, 0.5) is 5.69 Å². The number of aromatic nitrogens is 3. The van der Waals surface area contributed by atoms with E-state index in [1.165, 1.54) is 10.9 Å². The van der Waals surface area contributed by atoms with Crippen molar-refractivity contribution in [3.8, 4) is 5.69 Å². The molecule has 1 heterocycles. The molecule has 0 atom stereocenters. The first kappa shape index (κ1) is 15.6. The van der Waals surface area contributed by atoms with E-state index < -0.39 is 5.97 Å². The van der Waals surface area contributed by atoms with Crippen LogP contribution in [0, 0.1) is 0 Å². The van der Waals surface area contributed by atoms with Crippen molar-refractivity contribution in [1.29, 1.82) is 0 Å². The number of aromatic carboxylic acids is 1. The number of anilines is 1. The van der Waals surface area contributed by atoms with E-state index in [-0.39, 0.29) is 24.3 Å². The number of nitrogens with zero attached hydrogens (tertiary/aromatic N) is 3. The van der Waals surface area contributed by atoms with E-state index in [4.69, 9.17) is 9.84 Å². The number of carbonyl (C=O) groups excluding carboxylic acids is 1. The Labute approximate surface area is 126 Å². The Bertz CT molecular complexity index is 681. The number of carboxylic acid groups (broad SMARTS) is 1. The Morgan fingerprint density at radius 1 is 1.41 bits per heavy atom. The summed E-state index contributed by atoms with van der Waals surface area (Å²) in [6.45, 7) is 3.66. The predicted molar refractivity (Wildman–Crippen MR) is 78.0 cm³/mol. The number of rotatable bonds is 6. The molecule has 0 unspecified atom stereocenters. The molecule has 0 saturated carbocycles. The molecule has 0 aliphatic rings. The van der Waals surface area contributed by atoms with Gasteiger partial charge in [0.1, 0.15) is 6.61 Å². The fraction of sp³-hybridized carbons (Fsp3) is 0.286. The fourth-order valence-corrected chi connectivity index (χ4v) is 1.65. The summed E-state index contributed by atoms with van der Waals surface area (Å²) in [7, 11) is 0. The summed E-state index contributed by atoms with van der Waals surface area (Å²) in [6, 6.07) is 6.82. The van der Waals surface area contributed by atoms with Crippen LogP contribution in [0.25, 0.3) is 5.69 Å². The predicted octanol–water partition coefficient (Wildman–Crippen LogP) is 1.33. The minimum absolute atomic E-state index is 0.0262. The maximum atomic E-state index is 11.7. The van der Waals surface area contributed by atoms with Gasteiger partial charge in [-0.1, -0.05) is 11.3 Å². The first-order chi connectivity index (χ1) is 10.5. The molecule has 2 rings (SSSR count). The topological polar surface area (TPSA) is 106 Å². The lowest BCUT2D eigenvalue weighted by Crippen LogP contribution is -2.20. The van der Waals surface area contributed by atoms with Gasteiger partial charge in [0.25, 0.3) is 0 Å². The Morgan fingerprint density at radius 3 is 2.82 bits per heavy atom. The van der Waals surface area contributed by atoms with Crippen LogP contribution in [0.3, 0.4) is 0 Å². The zero-order valence-corrected chi connectivity index (χ0v) is 12.2. The normalized spacial score (nSPS) is 10.7. The summed E-state index contributed by atoms with van der Waals surface area (Å²) in [5, 5.41) is 18.8. The Balaban J connectivity index is 2.09. The average molecular weight is 304 g/mol. The van der Waals surface area contributed by atoms with Crippen molar-refractivity contribution in [2.45, 2.75) is 20.0 Å². The minimum Gasteiger partial charge on any atom is -0.476 e. The van der Waals surface area contributed by atoms with E-state index in [0.717, 1.165) is 0 Å². The molecular weight excluding hydrogens is 288 g/mol. The quantitative estimate of drug-likeness (QED) is 0.834. The molecule has 8 nitrogen and oxygen atoms in total. The summed E-state index contributed by atoms with van der Waals surface area (Å²) in [5.41, 5.74) is 0.990. The molecule has 0 aliphatic carbocycles. The van der Waals surface area contributed by atoms with E-state index in [9.17, 15) is 9.59 Å². The van der Waals surface area contributed by atoms with Gasteiger partial charge in [-0.15, -0.1) is 5.10 Å². The van der Waals surface area contributed by atoms with Gasteiger partial charge < -0.3 is 15.2 Å². The number of ether oxygens (including phenoxy) is 1. The van der Waals surface area contributed by atoms with E-state index in [1.807, 2.05) is 13.8 Å². The molecule has 0 aliphatic heterocycles. The van der Waals surface area contributed by atoms with Crippen LogP contribution in [0.15, 0.2) is 30.5 Å². The van der Waals surface area contributed by atoms with Crippen molar-refractivity contribution >= 4 is 17.6 Å². The number of carboxylic acids is 1. The molecule has 2 N–H and O–H groups in total. The second kappa shape index (κ2) is 6.81. The van der Waals surface area contributed by atoms with E-state index in [0.29, 0.717) is 11.4 Å². The lowest BCUT2D eigenvalue weighted by molar-refractivity contribution is -0.121. The van der Waals surface area contributed by atoms with Gasteiger partial charge >= 0.3 is 5.97 Å². The molecular formula is C14H16N4O4. The molecule has 1 aromatic heterocycles. The molecule has 0 radical (unpaired) electrons. The zero-order valence-electron chi connectivity index (χ0n) is 12.2. The van der Waals surface area contributed by atoms with Gasteiger partial charge in [-0.2, -0.15) is 0 Å². The van der Waals surface area contributed by atoms with Crippen molar-refractivity contribution in [2.24, 2.45) is 0 Å². The van der Waals surface area contributed by atoms with Crippen LogP contribution in [-0.4, -0.2) is 44.7 Å². The number of hydrogen-bond donors (Lipinski definition) is 2. The number of amides is 1. The van der Waals surface area contributed by atoms with Gasteiger partial charge in [0, 0.05) is 5.69 Å². The summed E-state index contributed by atoms with van der Waals surface area (Å²) in [4.78, 5) is 22.5. The Morgan fingerprint density at radius 2 is 2.18 bits per heavy atom. The smallest absolute Gasteiger partial charge is 0.358 e. The molecule has 0 bridgehead atoms. The summed E-state index contributed by atoms with van der Waals surface area (Å²) in [6.07, 6.45) is 1.27. The second-order valence-electron chi connectivity index (χ2n) is 4.81. The summed E-state index contributed by atoms with van der Waals surface area (Å²) >= 11 is 0. The molecule has 22 heavy (non-hydrogen) atoms. The molecule has 1 amide bonds. The zero-order chi connectivity index (χ0) is 16.1. The number of carbonyl (C=O) groups is 2. The van der Waals surface area contributed by atoms with Crippen LogP contribution in [0.5, 0.6) is 0 Å². The Kier molecular flexibility index (Phi) is 4.84. The van der Waals surface area contributed by atoms with Crippen molar-refractivity contribution in [3.05, 3.63) is 36.2 Å². The fourth-order valence-electron chi connectivity index (χ4n) is 1.65. The third-order valence-electron chi connectivity index (χ3n) is 2.65. The molecule has 8 heteroatoms. The highest BCUT2D eigenvalue weighted by Gasteiger charge is 2.10. The first-order valence-corrected chi connectivity index (χ1v) is 6.63. The lowest BCUT2D eigenvalue weighted by atomic mass is 10.2. The molecule has 0 saturated heterocycles. The number of benzene rings is 1. The lowest BCUT2D eigenvalue weighted by Gasteiger charge is -2.09. The summed E-state index contributed by atoms with van der Waals surface area (Å²) < 4.78 is 6.54. The van der Waals surface area contributed by atoms with Crippen molar-refractivity contribution in [1.82, 2.24) is 15.0 Å². The van der Waals surface area contributed by atoms with Gasteiger partial charge in [-0.05, 0) is 32.0 Å². The highest BCUT2D eigenvalue weighted by atomic mass is 16.5. The standard InChI is InChI=1S/C14H16N4O4/c1-9(2)22-8-13(19)15-10-4-3-5-11(6-10)18-7-12(14(20)21)16-17-18/h3-7,9H,8H2,1-2H3,(H,15,19)(H,20,21). The van der Waals surface area contributed by atoms with Gasteiger partial charge in [0.2, 0.25) is 5.91 Å². The van der Waals surface area contributed by atoms with Crippen molar-refractivity contribution < 1.29 is 19.4 Å². The van der Waals surface area contributed by atoms with Crippen LogP contribution >= 0.6 is 0 Å². The maximum Gasteiger partial charge on any atom is 0.358 e. The molecule has 1 aromatic carbocycles. The number of hydrogen-bond acceptors (Lipinski definition) is 5. The summed E-state index contributed by atoms with van der Waals surface area (Å²) in [5.74, 6) is -1.42. The monoisotopic (exact) mass is 304 g/mol. The third-order valence-corrected chi connectivity index (χ3v) is 2.65. The van der Waals surface area contributed by atoms with E-state index >= 15 is 0 Å². The van der Waals surface area contributed by atoms with Crippen LogP contribution in [0.2, 0.25) is 0 Å². The van der Waals surface area contributed by atoms with Crippen LogP contribution in [0.1, 0.15) is 24.3 Å². The number of nitrogens with one attached hydrogen (secondary N) is 1. The van der Waals surface area contributed by atoms with Gasteiger partial charge in [-0.3, -0.25) is 4.79 Å². The van der Waals surface area contributed by atoms with Gasteiger partial charge in [0.15, 0.2) is 5.69 Å². The third kappa shape index (κ3) is 4.13. The van der Waals surface area contributed by atoms with Gasteiger partial charge in [-0.25, -0.2) is 9.48 Å². The molecule has 0 spiro atoms. The average Bonchev–Trinajstić information content (AvgIpc) is 2.95. The SMILES string of the molecule is CC(C)OCC(=O)Nc1cccc(-n2cc(C(=O)O)nn2)c1. The highest BCUT2D eigenvalue weighted by Crippen LogP contribution is 2.14. The van der Waals surface area contributed by atoms with Crippen LogP contribution < -0.4 is 5.32 Å². The minimum atomic E-state index is -1.15. The highest BCUT2D eigenvalue weighted by molar-refractivity contribution is 5.92. The van der Waals surface area contributed by atoms with Crippen molar-refractivity contribution in [3.63, 3.8) is 0 Å². The molecule has 2 aromatic rings. The Hall–Kier alpha value is -2.74. The molecule has 116 valence electrons. The maximum absolute atomic E-state index is 11.7. The van der Waals surface area contributed by atoms with Gasteiger partial charge in [0.05, 0.1) is 18.0 Å². The molecule has 0 fully saturated rings. The largest absolute Gasteiger partial charge is 0.476 e. The second-order valence-corrected chi connectivity index (χ2v) is 4.81.